The zero-order valence-electron chi connectivity index (χ0n) is 28.7. The van der Waals surface area contributed by atoms with Gasteiger partial charge in [-0.15, -0.1) is 0 Å². The molecule has 9 aromatic rings. The lowest BCUT2D eigenvalue weighted by Gasteiger charge is -2.26. The van der Waals surface area contributed by atoms with Gasteiger partial charge in [-0.3, -0.25) is 0 Å². The summed E-state index contributed by atoms with van der Waals surface area (Å²) in [6.45, 7) is 4.70. The normalized spacial score (nSPS) is 13.1. The van der Waals surface area contributed by atoms with E-state index in [-0.39, 0.29) is 5.41 Å². The molecule has 0 spiro atoms. The first-order valence-electron chi connectivity index (χ1n) is 17.8. The molecule has 0 saturated heterocycles. The first kappa shape index (κ1) is 29.5. The molecule has 0 amide bonds. The molecule has 0 aliphatic heterocycles. The molecule has 0 radical (unpaired) electrons. The fourth-order valence-corrected chi connectivity index (χ4v) is 8.45. The van der Waals surface area contributed by atoms with Crippen molar-refractivity contribution in [2.24, 2.45) is 0 Å². The molecule has 0 fully saturated rings. The second-order valence-electron chi connectivity index (χ2n) is 14.3. The molecule has 242 valence electrons. The monoisotopic (exact) mass is 652 g/mol. The van der Waals surface area contributed by atoms with Gasteiger partial charge in [0.25, 0.3) is 0 Å². The number of hydrogen-bond donors (Lipinski definition) is 1. The summed E-state index contributed by atoms with van der Waals surface area (Å²) in [7, 11) is 0. The summed E-state index contributed by atoms with van der Waals surface area (Å²) in [5.74, 6) is 0. The van der Waals surface area contributed by atoms with Crippen molar-refractivity contribution in [2.75, 3.05) is 4.90 Å². The highest BCUT2D eigenvalue weighted by molar-refractivity contribution is 6.14. The third kappa shape index (κ3) is 4.64. The van der Waals surface area contributed by atoms with Crippen molar-refractivity contribution in [1.29, 1.82) is 0 Å². The summed E-state index contributed by atoms with van der Waals surface area (Å²) in [6.07, 6.45) is 0. The minimum absolute atomic E-state index is 0.0449. The van der Waals surface area contributed by atoms with Crippen LogP contribution in [0.25, 0.3) is 66.0 Å². The quantitative estimate of drug-likeness (QED) is 0.196. The van der Waals surface area contributed by atoms with E-state index in [1.807, 2.05) is 0 Å². The number of benzene rings is 8. The van der Waals surface area contributed by atoms with E-state index in [9.17, 15) is 0 Å². The van der Waals surface area contributed by atoms with E-state index in [0.29, 0.717) is 0 Å². The Morgan fingerprint density at radius 3 is 1.92 bits per heavy atom. The van der Waals surface area contributed by atoms with Gasteiger partial charge in [-0.05, 0) is 92.2 Å². The minimum Gasteiger partial charge on any atom is -0.354 e. The van der Waals surface area contributed by atoms with Crippen LogP contribution in [0.1, 0.15) is 25.0 Å². The van der Waals surface area contributed by atoms with E-state index in [4.69, 9.17) is 0 Å². The van der Waals surface area contributed by atoms with Crippen LogP contribution in [0.3, 0.4) is 0 Å². The van der Waals surface area contributed by atoms with Crippen molar-refractivity contribution >= 4 is 49.6 Å². The highest BCUT2D eigenvalue weighted by Gasteiger charge is 2.36. The van der Waals surface area contributed by atoms with Crippen LogP contribution in [0.15, 0.2) is 176 Å². The topological polar surface area (TPSA) is 19.0 Å². The van der Waals surface area contributed by atoms with E-state index in [2.05, 4.69) is 200 Å². The number of nitrogens with zero attached hydrogens (tertiary/aromatic N) is 1. The Hall–Kier alpha value is -6.38. The Morgan fingerprint density at radius 1 is 0.431 bits per heavy atom. The molecule has 2 heteroatoms. The van der Waals surface area contributed by atoms with Crippen molar-refractivity contribution in [1.82, 2.24) is 4.98 Å². The standard InChI is InChI=1S/C49H36N2/c1-49(2)44-20-9-8-16-42(44)47-39(17-11-21-45(47)49)40-18-10-19-41-43-31-38(28-29-46(43)50-48(40)41)51(37-27-24-33-14-6-7-15-35(33)30-37)36-25-22-34(23-26-36)32-12-4-3-5-13-32/h3-31,50H,1-2H3. The van der Waals surface area contributed by atoms with E-state index >= 15 is 0 Å². The molecule has 0 saturated carbocycles. The van der Waals surface area contributed by atoms with Crippen molar-refractivity contribution in [2.45, 2.75) is 19.3 Å². The van der Waals surface area contributed by atoms with Gasteiger partial charge < -0.3 is 9.88 Å². The van der Waals surface area contributed by atoms with Crippen molar-refractivity contribution in [3.05, 3.63) is 187 Å². The maximum Gasteiger partial charge on any atom is 0.0544 e. The molecular formula is C49H36N2. The molecule has 2 nitrogen and oxygen atoms in total. The number of rotatable bonds is 5. The maximum absolute atomic E-state index is 3.86. The summed E-state index contributed by atoms with van der Waals surface area (Å²) < 4.78 is 0. The second-order valence-corrected chi connectivity index (χ2v) is 14.3. The smallest absolute Gasteiger partial charge is 0.0544 e. The number of para-hydroxylation sites is 1. The van der Waals surface area contributed by atoms with Crippen LogP contribution in [-0.2, 0) is 5.41 Å². The zero-order valence-corrected chi connectivity index (χ0v) is 28.7. The van der Waals surface area contributed by atoms with Crippen molar-refractivity contribution < 1.29 is 0 Å². The number of hydrogen-bond acceptors (Lipinski definition) is 1. The van der Waals surface area contributed by atoms with Crippen LogP contribution in [0.4, 0.5) is 17.1 Å². The first-order valence-corrected chi connectivity index (χ1v) is 17.8. The minimum atomic E-state index is -0.0449. The highest BCUT2D eigenvalue weighted by Crippen LogP contribution is 2.53. The zero-order chi connectivity index (χ0) is 34.1. The van der Waals surface area contributed by atoms with Gasteiger partial charge in [-0.25, -0.2) is 0 Å². The summed E-state index contributed by atoms with van der Waals surface area (Å²) in [4.78, 5) is 6.24. The summed E-state index contributed by atoms with van der Waals surface area (Å²) in [5, 5.41) is 4.90. The molecule has 0 unspecified atom stereocenters. The molecule has 0 bridgehead atoms. The van der Waals surface area contributed by atoms with Crippen LogP contribution in [0.5, 0.6) is 0 Å². The SMILES string of the molecule is CC1(C)c2ccccc2-c2c(-c3cccc4c3[nH]c3ccc(N(c5ccc(-c6ccccc6)cc5)c5ccc6ccccc6c5)cc34)cccc21. The molecule has 1 heterocycles. The molecule has 8 aromatic carbocycles. The van der Waals surface area contributed by atoms with Gasteiger partial charge in [0.1, 0.15) is 0 Å². The average molecular weight is 653 g/mol. The summed E-state index contributed by atoms with van der Waals surface area (Å²) in [5.41, 5.74) is 16.0. The lowest BCUT2D eigenvalue weighted by atomic mass is 9.82. The van der Waals surface area contributed by atoms with Crippen LogP contribution < -0.4 is 4.90 Å². The average Bonchev–Trinajstić information content (AvgIpc) is 3.67. The van der Waals surface area contributed by atoms with Gasteiger partial charge in [0.2, 0.25) is 0 Å². The number of fused-ring (bicyclic) bond motifs is 7. The van der Waals surface area contributed by atoms with Crippen LogP contribution in [0, 0.1) is 0 Å². The van der Waals surface area contributed by atoms with E-state index < -0.39 is 0 Å². The third-order valence-electron chi connectivity index (χ3n) is 11.0. The van der Waals surface area contributed by atoms with Gasteiger partial charge in [-0.1, -0.05) is 147 Å². The Bertz CT molecular complexity index is 2770. The van der Waals surface area contributed by atoms with Gasteiger partial charge in [-0.2, -0.15) is 0 Å². The summed E-state index contributed by atoms with van der Waals surface area (Å²) >= 11 is 0. The lowest BCUT2D eigenvalue weighted by Crippen LogP contribution is -2.14. The molecule has 1 aliphatic rings. The number of anilines is 3. The van der Waals surface area contributed by atoms with Crippen LogP contribution in [0.2, 0.25) is 0 Å². The van der Waals surface area contributed by atoms with Gasteiger partial charge in [0.15, 0.2) is 0 Å². The number of aromatic amines is 1. The van der Waals surface area contributed by atoms with Gasteiger partial charge in [0.05, 0.1) is 5.52 Å². The van der Waals surface area contributed by atoms with Gasteiger partial charge >= 0.3 is 0 Å². The number of H-pyrrole nitrogens is 1. The highest BCUT2D eigenvalue weighted by atomic mass is 15.1. The number of aromatic nitrogens is 1. The Labute approximate surface area is 298 Å². The van der Waals surface area contributed by atoms with E-state index in [1.54, 1.807) is 0 Å². The second kappa shape index (κ2) is 11.3. The Morgan fingerprint density at radius 2 is 1.06 bits per heavy atom. The molecule has 0 atom stereocenters. The van der Waals surface area contributed by atoms with Crippen LogP contribution in [-0.4, -0.2) is 4.98 Å². The fourth-order valence-electron chi connectivity index (χ4n) is 8.45. The number of nitrogens with one attached hydrogen (secondary N) is 1. The largest absolute Gasteiger partial charge is 0.354 e. The van der Waals surface area contributed by atoms with Crippen molar-refractivity contribution in [3.8, 4) is 33.4 Å². The first-order chi connectivity index (χ1) is 25.0. The molecule has 1 aromatic heterocycles. The molecule has 1 aliphatic carbocycles. The molecular weight excluding hydrogens is 617 g/mol. The molecule has 1 N–H and O–H groups in total. The van der Waals surface area contributed by atoms with E-state index in [0.717, 1.165) is 22.6 Å². The van der Waals surface area contributed by atoms with Crippen LogP contribution >= 0.6 is 0 Å². The predicted octanol–water partition coefficient (Wildman–Crippen LogP) is 13.6. The van der Waals surface area contributed by atoms with E-state index in [1.165, 1.54) is 71.6 Å². The lowest BCUT2D eigenvalue weighted by molar-refractivity contribution is 0.660. The van der Waals surface area contributed by atoms with Crippen molar-refractivity contribution in [3.63, 3.8) is 0 Å². The Balaban J connectivity index is 1.14. The Kier molecular flexibility index (Phi) is 6.56. The fraction of sp³-hybridized carbons (Fsp3) is 0.0612. The molecule has 10 rings (SSSR count). The predicted molar refractivity (Wildman–Crippen MR) is 216 cm³/mol. The third-order valence-corrected chi connectivity index (χ3v) is 11.0. The summed E-state index contributed by atoms with van der Waals surface area (Å²) in [6, 6.07) is 64.2. The van der Waals surface area contributed by atoms with Gasteiger partial charge in [0, 0.05) is 44.3 Å². The molecule has 51 heavy (non-hydrogen) atoms. The maximum atomic E-state index is 3.86.